The Hall–Kier alpha value is -1.93. The SMILES string of the molecule is CC(C)CCC(=O)[C@H](CC1CCCCC1)N(Cc1ccccc1)Cc1ccccc1. The Labute approximate surface area is 183 Å². The van der Waals surface area contributed by atoms with Crippen molar-refractivity contribution in [2.45, 2.75) is 84.3 Å². The van der Waals surface area contributed by atoms with Crippen LogP contribution in [0.3, 0.4) is 0 Å². The molecule has 1 saturated carbocycles. The molecule has 1 fully saturated rings. The second kappa shape index (κ2) is 12.1. The summed E-state index contributed by atoms with van der Waals surface area (Å²) in [7, 11) is 0. The predicted molar refractivity (Wildman–Crippen MR) is 126 cm³/mol. The molecule has 0 unspecified atom stereocenters. The van der Waals surface area contributed by atoms with Crippen molar-refractivity contribution < 1.29 is 4.79 Å². The van der Waals surface area contributed by atoms with Crippen molar-refractivity contribution in [3.63, 3.8) is 0 Å². The number of ketones is 1. The second-order valence-electron chi connectivity index (χ2n) is 9.53. The monoisotopic (exact) mass is 405 g/mol. The third-order valence-corrected chi connectivity index (χ3v) is 6.52. The van der Waals surface area contributed by atoms with Crippen LogP contribution in [0.15, 0.2) is 60.7 Å². The van der Waals surface area contributed by atoms with Gasteiger partial charge in [0.05, 0.1) is 6.04 Å². The standard InChI is InChI=1S/C28H39NO/c1-23(2)18-19-28(30)27(20-24-12-6-3-7-13-24)29(21-25-14-8-4-9-15-25)22-26-16-10-5-11-17-26/h4-5,8-11,14-17,23-24,27H,3,6-7,12-13,18-22H2,1-2H3/t27-/m0/s1. The molecule has 2 heteroatoms. The van der Waals surface area contributed by atoms with E-state index in [-0.39, 0.29) is 6.04 Å². The molecule has 3 rings (SSSR count). The van der Waals surface area contributed by atoms with Gasteiger partial charge >= 0.3 is 0 Å². The Morgan fingerprint density at radius 1 is 0.867 bits per heavy atom. The Morgan fingerprint density at radius 3 is 1.90 bits per heavy atom. The van der Waals surface area contributed by atoms with Crippen molar-refractivity contribution in [1.82, 2.24) is 4.90 Å². The summed E-state index contributed by atoms with van der Waals surface area (Å²) >= 11 is 0. The molecule has 2 nitrogen and oxygen atoms in total. The Bertz CT molecular complexity index is 692. The zero-order chi connectivity index (χ0) is 21.2. The van der Waals surface area contributed by atoms with Gasteiger partial charge in [-0.3, -0.25) is 9.69 Å². The van der Waals surface area contributed by atoms with Crippen LogP contribution in [0.5, 0.6) is 0 Å². The van der Waals surface area contributed by atoms with E-state index in [4.69, 9.17) is 0 Å². The van der Waals surface area contributed by atoms with Crippen molar-refractivity contribution in [2.75, 3.05) is 0 Å². The van der Waals surface area contributed by atoms with E-state index in [2.05, 4.69) is 79.4 Å². The molecule has 0 saturated heterocycles. The maximum absolute atomic E-state index is 13.5. The highest BCUT2D eigenvalue weighted by atomic mass is 16.1. The van der Waals surface area contributed by atoms with Crippen molar-refractivity contribution >= 4 is 5.78 Å². The van der Waals surface area contributed by atoms with Gasteiger partial charge in [-0.15, -0.1) is 0 Å². The molecule has 0 amide bonds. The number of carbonyl (C=O) groups excluding carboxylic acids is 1. The van der Waals surface area contributed by atoms with Crippen LogP contribution >= 0.6 is 0 Å². The van der Waals surface area contributed by atoms with Crippen LogP contribution in [-0.2, 0) is 17.9 Å². The molecule has 0 spiro atoms. The Kier molecular flexibility index (Phi) is 9.14. The number of nitrogens with zero attached hydrogens (tertiary/aromatic N) is 1. The van der Waals surface area contributed by atoms with Gasteiger partial charge in [0.1, 0.15) is 5.78 Å². The van der Waals surface area contributed by atoms with E-state index >= 15 is 0 Å². The van der Waals surface area contributed by atoms with E-state index in [9.17, 15) is 4.79 Å². The predicted octanol–water partition coefficient (Wildman–Crippen LogP) is 7.03. The molecule has 0 aromatic heterocycles. The van der Waals surface area contributed by atoms with Crippen LogP contribution in [0.1, 0.15) is 76.3 Å². The fourth-order valence-corrected chi connectivity index (χ4v) is 4.73. The zero-order valence-corrected chi connectivity index (χ0v) is 18.9. The summed E-state index contributed by atoms with van der Waals surface area (Å²) in [5.74, 6) is 1.71. The minimum absolute atomic E-state index is 0.0206. The first-order valence-corrected chi connectivity index (χ1v) is 12.0. The van der Waals surface area contributed by atoms with Gasteiger partial charge in [-0.1, -0.05) is 107 Å². The lowest BCUT2D eigenvalue weighted by molar-refractivity contribution is -0.126. The third kappa shape index (κ3) is 7.40. The Balaban J connectivity index is 1.83. The molecule has 0 radical (unpaired) electrons. The van der Waals surface area contributed by atoms with Gasteiger partial charge in [-0.05, 0) is 35.8 Å². The molecule has 1 atom stereocenters. The Morgan fingerprint density at radius 2 is 1.40 bits per heavy atom. The van der Waals surface area contributed by atoms with Crippen LogP contribution in [-0.4, -0.2) is 16.7 Å². The lowest BCUT2D eigenvalue weighted by Gasteiger charge is -2.35. The molecule has 0 heterocycles. The van der Waals surface area contributed by atoms with Crippen molar-refractivity contribution in [3.8, 4) is 0 Å². The van der Waals surface area contributed by atoms with Gasteiger partial charge in [0.2, 0.25) is 0 Å². The average Bonchev–Trinajstić information content (AvgIpc) is 2.77. The molecule has 2 aromatic rings. The molecule has 1 aliphatic rings. The quantitative estimate of drug-likeness (QED) is 0.400. The number of carbonyl (C=O) groups is 1. The summed E-state index contributed by atoms with van der Waals surface area (Å²) in [5.41, 5.74) is 2.58. The molecule has 1 aliphatic carbocycles. The maximum atomic E-state index is 13.5. The number of Topliss-reactive ketones (excluding diaryl/α,β-unsaturated/α-hetero) is 1. The van der Waals surface area contributed by atoms with E-state index in [0.717, 1.165) is 25.9 Å². The molecule has 0 N–H and O–H groups in total. The van der Waals surface area contributed by atoms with Crippen LogP contribution in [0, 0.1) is 11.8 Å². The molecular weight excluding hydrogens is 366 g/mol. The van der Waals surface area contributed by atoms with E-state index < -0.39 is 0 Å². The summed E-state index contributed by atoms with van der Waals surface area (Å²) in [6, 6.07) is 21.3. The number of hydrogen-bond donors (Lipinski definition) is 0. The summed E-state index contributed by atoms with van der Waals surface area (Å²) < 4.78 is 0. The minimum atomic E-state index is 0.0206. The fourth-order valence-electron chi connectivity index (χ4n) is 4.73. The van der Waals surface area contributed by atoms with E-state index in [1.54, 1.807) is 0 Å². The van der Waals surface area contributed by atoms with Gasteiger partial charge in [0, 0.05) is 19.5 Å². The first-order valence-electron chi connectivity index (χ1n) is 12.0. The molecule has 162 valence electrons. The highest BCUT2D eigenvalue weighted by molar-refractivity contribution is 5.84. The van der Waals surface area contributed by atoms with Gasteiger partial charge in [-0.2, -0.15) is 0 Å². The highest BCUT2D eigenvalue weighted by Crippen LogP contribution is 2.30. The lowest BCUT2D eigenvalue weighted by atomic mass is 9.82. The first-order chi connectivity index (χ1) is 14.6. The van der Waals surface area contributed by atoms with Crippen molar-refractivity contribution in [2.24, 2.45) is 11.8 Å². The fraction of sp³-hybridized carbons (Fsp3) is 0.536. The van der Waals surface area contributed by atoms with Gasteiger partial charge in [-0.25, -0.2) is 0 Å². The topological polar surface area (TPSA) is 20.3 Å². The van der Waals surface area contributed by atoms with Crippen LogP contribution in [0.2, 0.25) is 0 Å². The maximum Gasteiger partial charge on any atom is 0.150 e. The van der Waals surface area contributed by atoms with E-state index in [1.807, 2.05) is 0 Å². The number of hydrogen-bond acceptors (Lipinski definition) is 2. The largest absolute Gasteiger partial charge is 0.298 e. The minimum Gasteiger partial charge on any atom is -0.298 e. The number of rotatable bonds is 11. The van der Waals surface area contributed by atoms with Gasteiger partial charge < -0.3 is 0 Å². The van der Waals surface area contributed by atoms with E-state index in [0.29, 0.717) is 24.0 Å². The van der Waals surface area contributed by atoms with Crippen LogP contribution in [0.4, 0.5) is 0 Å². The first kappa shape index (κ1) is 22.7. The highest BCUT2D eigenvalue weighted by Gasteiger charge is 2.29. The summed E-state index contributed by atoms with van der Waals surface area (Å²) in [5, 5.41) is 0. The zero-order valence-electron chi connectivity index (χ0n) is 18.9. The summed E-state index contributed by atoms with van der Waals surface area (Å²) in [4.78, 5) is 16.0. The van der Waals surface area contributed by atoms with Crippen LogP contribution in [0.25, 0.3) is 0 Å². The normalized spacial score (nSPS) is 16.1. The summed E-state index contributed by atoms with van der Waals surface area (Å²) in [6.07, 6.45) is 9.32. The molecular formula is C28H39NO. The molecule has 2 aromatic carbocycles. The van der Waals surface area contributed by atoms with Gasteiger partial charge in [0.15, 0.2) is 0 Å². The smallest absolute Gasteiger partial charge is 0.150 e. The summed E-state index contributed by atoms with van der Waals surface area (Å²) in [6.45, 7) is 6.10. The van der Waals surface area contributed by atoms with Gasteiger partial charge in [0.25, 0.3) is 0 Å². The average molecular weight is 406 g/mol. The third-order valence-electron chi connectivity index (χ3n) is 6.52. The number of benzene rings is 2. The van der Waals surface area contributed by atoms with Crippen LogP contribution < -0.4 is 0 Å². The van der Waals surface area contributed by atoms with E-state index in [1.165, 1.54) is 43.2 Å². The molecule has 30 heavy (non-hydrogen) atoms. The lowest BCUT2D eigenvalue weighted by Crippen LogP contribution is -2.42. The molecule has 0 bridgehead atoms. The van der Waals surface area contributed by atoms with Crippen molar-refractivity contribution in [3.05, 3.63) is 71.8 Å². The second-order valence-corrected chi connectivity index (χ2v) is 9.53. The molecule has 0 aliphatic heterocycles. The van der Waals surface area contributed by atoms with Crippen molar-refractivity contribution in [1.29, 1.82) is 0 Å².